The summed E-state index contributed by atoms with van der Waals surface area (Å²) in [5.41, 5.74) is 5.13. The van der Waals surface area contributed by atoms with Gasteiger partial charge in [-0.25, -0.2) is 19.0 Å². The number of halogens is 1. The molecular formula is C24H28FN5O10. The lowest BCUT2D eigenvalue weighted by atomic mass is 9.99. The van der Waals surface area contributed by atoms with Gasteiger partial charge in [0.05, 0.1) is 17.6 Å². The number of carbonyl (C=O) groups is 2. The Labute approximate surface area is 225 Å². The molecule has 0 spiro atoms. The number of fused-ring (bicyclic) bond motifs is 1. The van der Waals surface area contributed by atoms with E-state index in [2.05, 4.69) is 10.1 Å². The summed E-state index contributed by atoms with van der Waals surface area (Å²) in [6.45, 7) is 0.799. The number of oxime groups is 1. The van der Waals surface area contributed by atoms with Crippen molar-refractivity contribution in [2.45, 2.75) is 49.6 Å². The third-order valence-electron chi connectivity index (χ3n) is 7.19. The number of carboxylic acid groups (broad SMARTS) is 1. The van der Waals surface area contributed by atoms with Crippen molar-refractivity contribution in [3.63, 3.8) is 0 Å². The molecule has 1 saturated carbocycles. The van der Waals surface area contributed by atoms with E-state index in [0.29, 0.717) is 25.1 Å². The number of nitrogens with two attached hydrogens (primary N) is 1. The molecule has 2 aromatic rings. The molecule has 0 radical (unpaired) electrons. The van der Waals surface area contributed by atoms with Crippen LogP contribution in [0.3, 0.4) is 0 Å². The number of hydrogen-bond acceptors (Lipinski definition) is 13. The van der Waals surface area contributed by atoms with Crippen LogP contribution in [0.2, 0.25) is 0 Å². The lowest BCUT2D eigenvalue weighted by Gasteiger charge is -2.37. The summed E-state index contributed by atoms with van der Waals surface area (Å²) in [5, 5.41) is 43.0. The van der Waals surface area contributed by atoms with E-state index in [4.69, 9.17) is 20.0 Å². The molecule has 3 aliphatic rings. The Balaban J connectivity index is 1.50. The van der Waals surface area contributed by atoms with Gasteiger partial charge in [0.1, 0.15) is 36.6 Å². The van der Waals surface area contributed by atoms with Crippen LogP contribution in [0.25, 0.3) is 11.0 Å². The lowest BCUT2D eigenvalue weighted by Crippen LogP contribution is -2.60. The first kappa shape index (κ1) is 27.9. The summed E-state index contributed by atoms with van der Waals surface area (Å²) in [7, 11) is 1.39. The number of aliphatic carboxylic acids is 1. The number of aliphatic hydroxyl groups excluding tert-OH is 3. The number of hydrogen-bond donors (Lipinski definition) is 5. The number of aliphatic hydroxyl groups is 3. The second kappa shape index (κ2) is 10.7. The highest BCUT2D eigenvalue weighted by Crippen LogP contribution is 2.37. The molecule has 0 bridgehead atoms. The molecular weight excluding hydrogens is 537 g/mol. The summed E-state index contributed by atoms with van der Waals surface area (Å²) >= 11 is 0. The highest BCUT2D eigenvalue weighted by atomic mass is 19.1. The molecule has 2 aliphatic heterocycles. The first-order valence-electron chi connectivity index (χ1n) is 12.5. The van der Waals surface area contributed by atoms with Crippen molar-refractivity contribution >= 4 is 34.5 Å². The number of anilines is 1. The van der Waals surface area contributed by atoms with Gasteiger partial charge in [0, 0.05) is 31.2 Å². The Morgan fingerprint density at radius 1 is 1.25 bits per heavy atom. The average Bonchev–Trinajstić information content (AvgIpc) is 3.69. The van der Waals surface area contributed by atoms with Crippen LogP contribution in [-0.4, -0.2) is 105 Å². The Hall–Kier alpha value is -3.70. The molecule has 216 valence electrons. The predicted molar refractivity (Wildman–Crippen MR) is 133 cm³/mol. The van der Waals surface area contributed by atoms with Gasteiger partial charge < -0.3 is 49.9 Å². The molecule has 16 heteroatoms. The van der Waals surface area contributed by atoms with Crippen LogP contribution in [0, 0.1) is 11.7 Å². The SMILES string of the molecule is CO/N=C1\CN(c2nc3c(cc2F)c(=O)c(C(=O)O[C@H]2O[C@@H](C(=O)O)[C@H](O)[C@@H](O)[C@@H]2O)cn3C2CC2)CC1CN. The molecule has 40 heavy (non-hydrogen) atoms. The normalized spacial score (nSPS) is 29.6. The number of ether oxygens (including phenoxy) is 2. The van der Waals surface area contributed by atoms with Gasteiger partial charge in [-0.2, -0.15) is 0 Å². The Morgan fingerprint density at radius 3 is 2.60 bits per heavy atom. The summed E-state index contributed by atoms with van der Waals surface area (Å²) in [5.74, 6) is -4.01. The van der Waals surface area contributed by atoms with Crippen LogP contribution < -0.4 is 16.1 Å². The maximum absolute atomic E-state index is 15.4. The smallest absolute Gasteiger partial charge is 0.346 e. The standard InChI is InChI=1S/C24H28FN5O10/c1-38-28-14-8-29(6-9(14)5-26)21-13(25)4-11-15(31)12(7-30(10-2-3-10)20(11)27-21)23(37)40-24-18(34)16(32)17(33)19(39-24)22(35)36/h4,7,9-10,16-19,24,32-34H,2-3,5-6,8,26H2,1H3,(H,35,36)/b28-14+/t9?,16-,17-,18+,19-,24-/m1/s1. The summed E-state index contributed by atoms with van der Waals surface area (Å²) < 4.78 is 27.0. The third kappa shape index (κ3) is 4.88. The number of pyridine rings is 2. The lowest BCUT2D eigenvalue weighted by molar-refractivity contribution is -0.278. The summed E-state index contributed by atoms with van der Waals surface area (Å²) in [6, 6.07) is 0.844. The number of carbonyl (C=O) groups excluding carboxylic acids is 1. The molecule has 6 atom stereocenters. The van der Waals surface area contributed by atoms with Crippen LogP contribution >= 0.6 is 0 Å². The monoisotopic (exact) mass is 565 g/mol. The van der Waals surface area contributed by atoms with Gasteiger partial charge in [-0.05, 0) is 18.9 Å². The molecule has 2 saturated heterocycles. The van der Waals surface area contributed by atoms with Crippen molar-refractivity contribution in [3.8, 4) is 0 Å². The zero-order chi connectivity index (χ0) is 28.9. The number of esters is 1. The fraction of sp³-hybridized carbons (Fsp3) is 0.542. The van der Waals surface area contributed by atoms with Crippen LogP contribution in [-0.2, 0) is 19.1 Å². The highest BCUT2D eigenvalue weighted by Gasteiger charge is 2.49. The summed E-state index contributed by atoms with van der Waals surface area (Å²) in [4.78, 5) is 48.7. The minimum Gasteiger partial charge on any atom is -0.479 e. The molecule has 0 amide bonds. The quantitative estimate of drug-likeness (QED) is 0.187. The van der Waals surface area contributed by atoms with Crippen LogP contribution in [0.15, 0.2) is 22.2 Å². The maximum atomic E-state index is 15.4. The first-order valence-corrected chi connectivity index (χ1v) is 12.5. The Bertz CT molecular complexity index is 1430. The van der Waals surface area contributed by atoms with Gasteiger partial charge in [-0.15, -0.1) is 0 Å². The second-order valence-corrected chi connectivity index (χ2v) is 9.89. The van der Waals surface area contributed by atoms with Crippen LogP contribution in [0.5, 0.6) is 0 Å². The molecule has 5 rings (SSSR count). The van der Waals surface area contributed by atoms with Crippen molar-refractivity contribution in [2.75, 3.05) is 31.6 Å². The number of nitrogens with zero attached hydrogens (tertiary/aromatic N) is 4. The first-order chi connectivity index (χ1) is 19.0. The van der Waals surface area contributed by atoms with E-state index < -0.39 is 59.5 Å². The van der Waals surface area contributed by atoms with Gasteiger partial charge in [0.15, 0.2) is 17.7 Å². The molecule has 6 N–H and O–H groups in total. The zero-order valence-corrected chi connectivity index (χ0v) is 21.2. The van der Waals surface area contributed by atoms with E-state index in [0.717, 1.165) is 6.07 Å². The molecule has 4 heterocycles. The number of rotatable bonds is 7. The third-order valence-corrected chi connectivity index (χ3v) is 7.19. The molecule has 1 aliphatic carbocycles. The van der Waals surface area contributed by atoms with Crippen molar-refractivity contribution in [1.29, 1.82) is 0 Å². The van der Waals surface area contributed by atoms with Gasteiger partial charge in [-0.1, -0.05) is 5.16 Å². The van der Waals surface area contributed by atoms with E-state index in [9.17, 15) is 34.8 Å². The predicted octanol–water partition coefficient (Wildman–Crippen LogP) is -1.68. The molecule has 2 aromatic heterocycles. The van der Waals surface area contributed by atoms with Gasteiger partial charge >= 0.3 is 11.9 Å². The van der Waals surface area contributed by atoms with Crippen LogP contribution in [0.4, 0.5) is 10.2 Å². The van der Waals surface area contributed by atoms with Gasteiger partial charge in [0.25, 0.3) is 0 Å². The van der Waals surface area contributed by atoms with Crippen molar-refractivity contribution < 1.29 is 48.7 Å². The Morgan fingerprint density at radius 2 is 1.98 bits per heavy atom. The van der Waals surface area contributed by atoms with Crippen molar-refractivity contribution in [2.24, 2.45) is 16.8 Å². The fourth-order valence-electron chi connectivity index (χ4n) is 4.91. The fourth-order valence-corrected chi connectivity index (χ4v) is 4.91. The van der Waals surface area contributed by atoms with E-state index in [1.54, 1.807) is 9.47 Å². The Kier molecular flexibility index (Phi) is 7.45. The second-order valence-electron chi connectivity index (χ2n) is 9.89. The zero-order valence-electron chi connectivity index (χ0n) is 21.2. The number of carboxylic acids is 1. The molecule has 1 unspecified atom stereocenters. The highest BCUT2D eigenvalue weighted by molar-refractivity contribution is 5.95. The van der Waals surface area contributed by atoms with Gasteiger partial charge in [-0.3, -0.25) is 4.79 Å². The van der Waals surface area contributed by atoms with Crippen molar-refractivity contribution in [3.05, 3.63) is 33.9 Å². The average molecular weight is 566 g/mol. The minimum absolute atomic E-state index is 0.0256. The topological polar surface area (TPSA) is 219 Å². The van der Waals surface area contributed by atoms with Crippen molar-refractivity contribution in [1.82, 2.24) is 9.55 Å². The van der Waals surface area contributed by atoms with Crippen LogP contribution in [0.1, 0.15) is 29.2 Å². The molecule has 15 nitrogen and oxygen atoms in total. The van der Waals surface area contributed by atoms with E-state index in [1.165, 1.54) is 13.3 Å². The van der Waals surface area contributed by atoms with E-state index in [-0.39, 0.29) is 41.9 Å². The number of aromatic nitrogens is 2. The largest absolute Gasteiger partial charge is 0.479 e. The van der Waals surface area contributed by atoms with E-state index in [1.807, 2.05) is 0 Å². The minimum atomic E-state index is -2.01. The molecule has 3 fully saturated rings. The van der Waals surface area contributed by atoms with E-state index >= 15 is 4.39 Å². The maximum Gasteiger partial charge on any atom is 0.346 e. The molecule has 0 aromatic carbocycles. The summed E-state index contributed by atoms with van der Waals surface area (Å²) in [6.07, 6.45) is -7.41. The van der Waals surface area contributed by atoms with Gasteiger partial charge in [0.2, 0.25) is 11.7 Å².